The summed E-state index contributed by atoms with van der Waals surface area (Å²) >= 11 is 5.98. The minimum atomic E-state index is 0.0423. The van der Waals surface area contributed by atoms with Gasteiger partial charge in [-0.3, -0.25) is 4.79 Å². The van der Waals surface area contributed by atoms with E-state index in [1.807, 2.05) is 38.2 Å². The quantitative estimate of drug-likeness (QED) is 0.779. The highest BCUT2D eigenvalue weighted by Crippen LogP contribution is 2.22. The highest BCUT2D eigenvalue weighted by atomic mass is 35.5. The van der Waals surface area contributed by atoms with Gasteiger partial charge in [0, 0.05) is 18.5 Å². The SMILES string of the molecule is CC(c1cccc(Cl)c1)N(C)C(=O)CCCCCN. The highest BCUT2D eigenvalue weighted by molar-refractivity contribution is 6.30. The summed E-state index contributed by atoms with van der Waals surface area (Å²) in [4.78, 5) is 13.9. The van der Waals surface area contributed by atoms with Gasteiger partial charge in [-0.25, -0.2) is 0 Å². The van der Waals surface area contributed by atoms with Crippen LogP contribution in [0.5, 0.6) is 0 Å². The first-order valence-electron chi connectivity index (χ1n) is 6.77. The molecule has 2 N–H and O–H groups in total. The fourth-order valence-electron chi connectivity index (χ4n) is 1.98. The zero-order valence-corrected chi connectivity index (χ0v) is 12.5. The highest BCUT2D eigenvalue weighted by Gasteiger charge is 2.16. The lowest BCUT2D eigenvalue weighted by Crippen LogP contribution is -2.29. The van der Waals surface area contributed by atoms with Gasteiger partial charge in [-0.2, -0.15) is 0 Å². The van der Waals surface area contributed by atoms with Crippen molar-refractivity contribution < 1.29 is 4.79 Å². The number of hydrogen-bond donors (Lipinski definition) is 1. The second kappa shape index (κ2) is 8.18. The van der Waals surface area contributed by atoms with Gasteiger partial charge >= 0.3 is 0 Å². The summed E-state index contributed by atoms with van der Waals surface area (Å²) in [5, 5.41) is 0.702. The topological polar surface area (TPSA) is 46.3 Å². The fourth-order valence-corrected chi connectivity index (χ4v) is 2.18. The molecule has 4 heteroatoms. The van der Waals surface area contributed by atoms with E-state index in [-0.39, 0.29) is 11.9 Å². The minimum absolute atomic E-state index is 0.0423. The van der Waals surface area contributed by atoms with Crippen molar-refractivity contribution >= 4 is 17.5 Å². The largest absolute Gasteiger partial charge is 0.339 e. The van der Waals surface area contributed by atoms with Gasteiger partial charge in [0.25, 0.3) is 0 Å². The van der Waals surface area contributed by atoms with Crippen LogP contribution in [0.3, 0.4) is 0 Å². The van der Waals surface area contributed by atoms with Crippen molar-refractivity contribution in [2.45, 2.75) is 38.6 Å². The average molecular weight is 283 g/mol. The Balaban J connectivity index is 2.51. The predicted molar refractivity (Wildman–Crippen MR) is 80.2 cm³/mol. The first-order chi connectivity index (χ1) is 9.06. The van der Waals surface area contributed by atoms with Crippen LogP contribution in [0.4, 0.5) is 0 Å². The standard InChI is InChI=1S/C15H23ClN2O/c1-12(13-7-6-8-14(16)11-13)18(2)15(19)9-4-3-5-10-17/h6-8,11-12H,3-5,9-10,17H2,1-2H3. The Kier molecular flexibility index (Phi) is 6.89. The second-order valence-corrected chi connectivity index (χ2v) is 5.27. The van der Waals surface area contributed by atoms with E-state index in [1.165, 1.54) is 0 Å². The van der Waals surface area contributed by atoms with E-state index in [2.05, 4.69) is 0 Å². The molecule has 0 saturated heterocycles. The smallest absolute Gasteiger partial charge is 0.222 e. The molecule has 1 rings (SSSR count). The van der Waals surface area contributed by atoms with E-state index < -0.39 is 0 Å². The van der Waals surface area contributed by atoms with Crippen molar-refractivity contribution in [2.75, 3.05) is 13.6 Å². The number of amides is 1. The summed E-state index contributed by atoms with van der Waals surface area (Å²) in [6.07, 6.45) is 3.49. The zero-order valence-electron chi connectivity index (χ0n) is 11.7. The van der Waals surface area contributed by atoms with Crippen LogP contribution in [-0.4, -0.2) is 24.4 Å². The predicted octanol–water partition coefficient (Wildman–Crippen LogP) is 3.38. The molecule has 0 bridgehead atoms. The molecule has 1 amide bonds. The number of hydrogen-bond acceptors (Lipinski definition) is 2. The molecule has 19 heavy (non-hydrogen) atoms. The molecule has 0 heterocycles. The van der Waals surface area contributed by atoms with Crippen molar-refractivity contribution in [1.29, 1.82) is 0 Å². The lowest BCUT2D eigenvalue weighted by atomic mass is 10.1. The van der Waals surface area contributed by atoms with Crippen LogP contribution in [0.1, 0.15) is 44.2 Å². The van der Waals surface area contributed by atoms with E-state index in [0.29, 0.717) is 18.0 Å². The van der Waals surface area contributed by atoms with Gasteiger partial charge in [-0.05, 0) is 44.0 Å². The summed E-state index contributed by atoms with van der Waals surface area (Å²) in [7, 11) is 1.84. The molecule has 0 saturated carbocycles. The molecule has 1 atom stereocenters. The van der Waals surface area contributed by atoms with E-state index in [0.717, 1.165) is 24.8 Å². The number of unbranched alkanes of at least 4 members (excludes halogenated alkanes) is 2. The number of benzene rings is 1. The van der Waals surface area contributed by atoms with E-state index in [1.54, 1.807) is 4.90 Å². The number of halogens is 1. The number of carbonyl (C=O) groups is 1. The van der Waals surface area contributed by atoms with Crippen LogP contribution >= 0.6 is 11.6 Å². The summed E-state index contributed by atoms with van der Waals surface area (Å²) in [5.41, 5.74) is 6.50. The van der Waals surface area contributed by atoms with Crippen molar-refractivity contribution in [2.24, 2.45) is 5.73 Å². The molecule has 1 aromatic rings. The molecule has 0 aromatic heterocycles. The molecule has 3 nitrogen and oxygen atoms in total. The Morgan fingerprint density at radius 2 is 2.11 bits per heavy atom. The Hall–Kier alpha value is -1.06. The Labute approximate surface area is 120 Å². The lowest BCUT2D eigenvalue weighted by molar-refractivity contribution is -0.131. The van der Waals surface area contributed by atoms with Gasteiger partial charge < -0.3 is 10.6 Å². The van der Waals surface area contributed by atoms with Gasteiger partial charge in [-0.15, -0.1) is 0 Å². The Bertz CT molecular complexity index is 409. The minimum Gasteiger partial charge on any atom is -0.339 e. The molecule has 1 unspecified atom stereocenters. The lowest BCUT2D eigenvalue weighted by Gasteiger charge is -2.25. The third-order valence-electron chi connectivity index (χ3n) is 3.40. The third kappa shape index (κ3) is 5.21. The molecule has 0 radical (unpaired) electrons. The van der Waals surface area contributed by atoms with E-state index in [4.69, 9.17) is 17.3 Å². The fraction of sp³-hybridized carbons (Fsp3) is 0.533. The van der Waals surface area contributed by atoms with Crippen molar-refractivity contribution in [3.05, 3.63) is 34.9 Å². The summed E-state index contributed by atoms with van der Waals surface area (Å²) in [6.45, 7) is 2.71. The molecule has 0 fully saturated rings. The van der Waals surface area contributed by atoms with Crippen LogP contribution in [0.25, 0.3) is 0 Å². The Morgan fingerprint density at radius 3 is 2.74 bits per heavy atom. The summed E-state index contributed by atoms with van der Waals surface area (Å²) in [5.74, 6) is 0.171. The first kappa shape index (κ1) is 16.0. The van der Waals surface area contributed by atoms with Gasteiger partial charge in [0.15, 0.2) is 0 Å². The second-order valence-electron chi connectivity index (χ2n) is 4.83. The van der Waals surface area contributed by atoms with Crippen LogP contribution in [0.2, 0.25) is 5.02 Å². The van der Waals surface area contributed by atoms with Crippen LogP contribution in [-0.2, 0) is 4.79 Å². The maximum Gasteiger partial charge on any atom is 0.222 e. The number of nitrogens with two attached hydrogens (primary N) is 1. The average Bonchev–Trinajstić information content (AvgIpc) is 2.41. The Morgan fingerprint density at radius 1 is 1.37 bits per heavy atom. The normalized spacial score (nSPS) is 12.2. The monoisotopic (exact) mass is 282 g/mol. The molecule has 106 valence electrons. The number of carbonyl (C=O) groups excluding carboxylic acids is 1. The van der Waals surface area contributed by atoms with E-state index in [9.17, 15) is 4.79 Å². The van der Waals surface area contributed by atoms with Crippen molar-refractivity contribution in [1.82, 2.24) is 4.90 Å². The molecular formula is C15H23ClN2O. The molecule has 0 aliphatic carbocycles. The number of rotatable bonds is 7. The molecule has 0 spiro atoms. The van der Waals surface area contributed by atoms with E-state index >= 15 is 0 Å². The van der Waals surface area contributed by atoms with Gasteiger partial charge in [0.1, 0.15) is 0 Å². The van der Waals surface area contributed by atoms with Crippen LogP contribution < -0.4 is 5.73 Å². The number of nitrogens with zero attached hydrogens (tertiary/aromatic N) is 1. The van der Waals surface area contributed by atoms with Gasteiger partial charge in [-0.1, -0.05) is 30.2 Å². The third-order valence-corrected chi connectivity index (χ3v) is 3.64. The van der Waals surface area contributed by atoms with Crippen molar-refractivity contribution in [3.63, 3.8) is 0 Å². The van der Waals surface area contributed by atoms with Crippen molar-refractivity contribution in [3.8, 4) is 0 Å². The molecular weight excluding hydrogens is 260 g/mol. The maximum atomic E-state index is 12.1. The molecule has 0 aliphatic heterocycles. The van der Waals surface area contributed by atoms with Gasteiger partial charge in [0.05, 0.1) is 6.04 Å². The summed E-state index contributed by atoms with van der Waals surface area (Å²) < 4.78 is 0. The van der Waals surface area contributed by atoms with Crippen LogP contribution in [0.15, 0.2) is 24.3 Å². The zero-order chi connectivity index (χ0) is 14.3. The molecule has 0 aliphatic rings. The molecule has 1 aromatic carbocycles. The maximum absolute atomic E-state index is 12.1. The first-order valence-corrected chi connectivity index (χ1v) is 7.15. The summed E-state index contributed by atoms with van der Waals surface area (Å²) in [6, 6.07) is 7.69. The van der Waals surface area contributed by atoms with Gasteiger partial charge in [0.2, 0.25) is 5.91 Å². The van der Waals surface area contributed by atoms with Crippen LogP contribution in [0, 0.1) is 0 Å².